The molecule has 1 aromatic rings. The van der Waals surface area contributed by atoms with E-state index in [4.69, 9.17) is 12.2 Å². The van der Waals surface area contributed by atoms with Crippen LogP contribution in [0.25, 0.3) is 0 Å². The van der Waals surface area contributed by atoms with Crippen molar-refractivity contribution in [3.05, 3.63) is 29.6 Å². The van der Waals surface area contributed by atoms with Crippen molar-refractivity contribution in [3.63, 3.8) is 0 Å². The zero-order chi connectivity index (χ0) is 13.8. The van der Waals surface area contributed by atoms with Gasteiger partial charge in [0.15, 0.2) is 5.11 Å². The van der Waals surface area contributed by atoms with Crippen LogP contribution in [0.15, 0.2) is 23.3 Å². The van der Waals surface area contributed by atoms with E-state index >= 15 is 0 Å². The third kappa shape index (κ3) is 9.62. The zero-order valence-corrected chi connectivity index (χ0v) is 13.1. The average molecular weight is 357 g/mol. The van der Waals surface area contributed by atoms with Crippen LogP contribution < -0.4 is 10.7 Å². The van der Waals surface area contributed by atoms with Crippen LogP contribution in [0.3, 0.4) is 0 Å². The third-order valence-corrected chi connectivity index (χ3v) is 1.85. The molecular formula is C10H14Cl2CuN4S. The molecule has 105 valence electrons. The summed E-state index contributed by atoms with van der Waals surface area (Å²) in [5.41, 5.74) is 4.47. The fraction of sp³-hybridized carbons (Fsp3) is 0.300. The van der Waals surface area contributed by atoms with Crippen molar-refractivity contribution < 1.29 is 13.1 Å². The van der Waals surface area contributed by atoms with Crippen molar-refractivity contribution in [3.8, 4) is 0 Å². The molecular weight excluding hydrogens is 343 g/mol. The normalized spacial score (nSPS) is 9.78. The van der Waals surface area contributed by atoms with Crippen molar-refractivity contribution in [2.45, 2.75) is 13.8 Å². The van der Waals surface area contributed by atoms with E-state index in [9.17, 15) is 0 Å². The summed E-state index contributed by atoms with van der Waals surface area (Å²) in [6.45, 7) is 4.69. The van der Waals surface area contributed by atoms with Crippen molar-refractivity contribution in [1.29, 1.82) is 0 Å². The summed E-state index contributed by atoms with van der Waals surface area (Å²) in [6.07, 6.45) is 1.64. The number of hydrogen-bond donors (Lipinski definition) is 2. The first-order chi connectivity index (χ1) is 8.63. The number of hydrogen-bond acceptors (Lipinski definition) is 3. The minimum absolute atomic E-state index is 0.515. The number of rotatable bonds is 3. The molecule has 2 N–H and O–H groups in total. The minimum atomic E-state index is 0.515. The monoisotopic (exact) mass is 355 g/mol. The Morgan fingerprint density at radius 3 is 2.78 bits per heavy atom. The molecule has 0 atom stereocenters. The Hall–Kier alpha value is -0.391. The first kappa shape index (κ1) is 17.6. The predicted octanol–water partition coefficient (Wildman–Crippen LogP) is 2.58. The Kier molecular flexibility index (Phi) is 11.4. The molecule has 0 saturated heterocycles. The molecule has 8 heteroatoms. The number of aromatic nitrogens is 1. The quantitative estimate of drug-likeness (QED) is 0.378. The maximum absolute atomic E-state index is 4.94. The summed E-state index contributed by atoms with van der Waals surface area (Å²) in [5.74, 6) is 0. The maximum atomic E-state index is 4.94. The van der Waals surface area contributed by atoms with Gasteiger partial charge in [0.05, 0.1) is 11.9 Å². The van der Waals surface area contributed by atoms with Crippen molar-refractivity contribution >= 4 is 43.7 Å². The Bertz CT molecular complexity index is 390. The molecule has 0 aromatic carbocycles. The first-order valence-electron chi connectivity index (χ1n) is 4.95. The molecule has 0 radical (unpaired) electrons. The van der Waals surface area contributed by atoms with E-state index in [2.05, 4.69) is 41.0 Å². The predicted molar refractivity (Wildman–Crippen MR) is 77.7 cm³/mol. The van der Waals surface area contributed by atoms with Crippen LogP contribution in [-0.4, -0.2) is 22.9 Å². The number of pyridine rings is 1. The molecule has 4 nitrogen and oxygen atoms in total. The number of halogens is 2. The number of nitrogens with zero attached hydrogens (tertiary/aromatic N) is 2. The molecule has 0 aliphatic rings. The molecule has 0 saturated carbocycles. The second-order valence-electron chi connectivity index (χ2n) is 2.98. The molecule has 0 aliphatic heterocycles. The van der Waals surface area contributed by atoms with Gasteiger partial charge in [0.25, 0.3) is 0 Å². The summed E-state index contributed by atoms with van der Waals surface area (Å²) >= 11 is 5.69. The van der Waals surface area contributed by atoms with Crippen LogP contribution in [0, 0.1) is 6.92 Å². The Morgan fingerprint density at radius 2 is 2.22 bits per heavy atom. The van der Waals surface area contributed by atoms with E-state index in [1.54, 1.807) is 6.21 Å². The van der Waals surface area contributed by atoms with Crippen molar-refractivity contribution in [2.75, 3.05) is 6.54 Å². The van der Waals surface area contributed by atoms with Crippen molar-refractivity contribution in [1.82, 2.24) is 15.7 Å². The SMILES string of the molecule is CCNC(=S)NN=Cc1cccc(C)n1.[Cl][Cu][Cl]. The third-order valence-electron chi connectivity index (χ3n) is 1.61. The van der Waals surface area contributed by atoms with Crippen LogP contribution in [0.5, 0.6) is 0 Å². The van der Waals surface area contributed by atoms with E-state index in [1.807, 2.05) is 32.0 Å². The molecule has 1 rings (SSSR count). The van der Waals surface area contributed by atoms with E-state index < -0.39 is 0 Å². The average Bonchev–Trinajstić information content (AvgIpc) is 2.30. The van der Waals surface area contributed by atoms with Gasteiger partial charge in [-0.2, -0.15) is 5.10 Å². The number of thiocarbonyl (C=S) groups is 1. The molecule has 0 fully saturated rings. The molecule has 1 heterocycles. The Labute approximate surface area is 127 Å². The van der Waals surface area contributed by atoms with E-state index in [0.717, 1.165) is 31.1 Å². The van der Waals surface area contributed by atoms with Gasteiger partial charge in [0.1, 0.15) is 0 Å². The van der Waals surface area contributed by atoms with Crippen molar-refractivity contribution in [2.24, 2.45) is 5.10 Å². The number of aryl methyl sites for hydroxylation is 1. The number of nitrogens with one attached hydrogen (secondary N) is 2. The summed E-state index contributed by atoms with van der Waals surface area (Å²) in [7, 11) is 9.34. The standard InChI is InChI=1S/C10H14N4S.2ClH.Cu/c1-3-11-10(15)14-12-7-9-6-4-5-8(2)13-9;;;/h4-7H,3H2,1-2H3,(H2,11,14,15);2*1H;/q;;;+2/p-2. The van der Waals surface area contributed by atoms with Gasteiger partial charge in [-0.3, -0.25) is 10.4 Å². The second kappa shape index (κ2) is 11.7. The topological polar surface area (TPSA) is 49.3 Å². The molecule has 0 aliphatic carbocycles. The summed E-state index contributed by atoms with van der Waals surface area (Å²) in [4.78, 5) is 4.26. The Balaban J connectivity index is 0.000000873. The number of hydrazone groups is 1. The van der Waals surface area contributed by atoms with Gasteiger partial charge in [0.2, 0.25) is 0 Å². The van der Waals surface area contributed by atoms with Crippen LogP contribution in [0.2, 0.25) is 0 Å². The fourth-order valence-corrected chi connectivity index (χ4v) is 1.19. The molecule has 0 bridgehead atoms. The van der Waals surface area contributed by atoms with Crippen LogP contribution in [0.1, 0.15) is 18.3 Å². The van der Waals surface area contributed by atoms with E-state index in [-0.39, 0.29) is 0 Å². The van der Waals surface area contributed by atoms with Crippen LogP contribution in [-0.2, 0) is 13.1 Å². The van der Waals surface area contributed by atoms with Gasteiger partial charge in [0, 0.05) is 12.2 Å². The van der Waals surface area contributed by atoms with Crippen LogP contribution in [0.4, 0.5) is 0 Å². The van der Waals surface area contributed by atoms with Gasteiger partial charge >= 0.3 is 33.3 Å². The summed E-state index contributed by atoms with van der Waals surface area (Å²) < 4.78 is 0. The molecule has 0 unspecified atom stereocenters. The first-order valence-corrected chi connectivity index (χ1v) is 7.95. The van der Waals surface area contributed by atoms with Crippen LogP contribution >= 0.6 is 32.4 Å². The van der Waals surface area contributed by atoms with E-state index in [0.29, 0.717) is 5.11 Å². The summed E-state index contributed by atoms with van der Waals surface area (Å²) in [6, 6.07) is 5.76. The molecule has 0 amide bonds. The fourth-order valence-electron chi connectivity index (χ4n) is 0.993. The van der Waals surface area contributed by atoms with Gasteiger partial charge in [-0.25, -0.2) is 0 Å². The molecule has 0 spiro atoms. The second-order valence-corrected chi connectivity index (χ2v) is 4.94. The van der Waals surface area contributed by atoms with Gasteiger partial charge in [-0.15, -0.1) is 0 Å². The molecule has 18 heavy (non-hydrogen) atoms. The van der Waals surface area contributed by atoms with Gasteiger partial charge in [-0.05, 0) is 38.2 Å². The van der Waals surface area contributed by atoms with E-state index in [1.165, 1.54) is 0 Å². The molecule has 1 aromatic heterocycles. The zero-order valence-electron chi connectivity index (χ0n) is 9.88. The van der Waals surface area contributed by atoms with Gasteiger partial charge < -0.3 is 5.32 Å². The Morgan fingerprint density at radius 1 is 1.56 bits per heavy atom. The summed E-state index contributed by atoms with van der Waals surface area (Å²) in [5, 5.41) is 7.40. The van der Waals surface area contributed by atoms with Gasteiger partial charge in [-0.1, -0.05) is 6.07 Å².